The first kappa shape index (κ1) is 15.3. The predicted molar refractivity (Wildman–Crippen MR) is 85.0 cm³/mol. The van der Waals surface area contributed by atoms with Crippen LogP contribution in [0, 0.1) is 6.92 Å². The summed E-state index contributed by atoms with van der Waals surface area (Å²) in [5, 5.41) is 13.2. The van der Waals surface area contributed by atoms with Crippen molar-refractivity contribution in [1.82, 2.24) is 5.32 Å². The van der Waals surface area contributed by atoms with E-state index in [9.17, 15) is 9.90 Å². The van der Waals surface area contributed by atoms with Gasteiger partial charge in [0.1, 0.15) is 5.75 Å². The lowest BCUT2D eigenvalue weighted by molar-refractivity contribution is -0.125. The number of aliphatic hydroxyl groups excluding tert-OH is 1. The summed E-state index contributed by atoms with van der Waals surface area (Å²) in [7, 11) is 1.66. The van der Waals surface area contributed by atoms with Gasteiger partial charge in [-0.15, -0.1) is 0 Å². The number of carbonyl (C=O) groups excluding carboxylic acids is 1. The van der Waals surface area contributed by atoms with E-state index in [0.29, 0.717) is 0 Å². The lowest BCUT2D eigenvalue weighted by Crippen LogP contribution is -2.48. The van der Waals surface area contributed by atoms with Crippen molar-refractivity contribution in [2.24, 2.45) is 0 Å². The fraction of sp³-hybridized carbons (Fsp3) is 0.611. The van der Waals surface area contributed by atoms with Gasteiger partial charge in [0.2, 0.25) is 5.91 Å². The van der Waals surface area contributed by atoms with E-state index in [1.54, 1.807) is 7.11 Å². The highest BCUT2D eigenvalue weighted by Crippen LogP contribution is 2.49. The van der Waals surface area contributed by atoms with Crippen molar-refractivity contribution >= 4 is 5.91 Å². The number of nitrogens with one attached hydrogen (secondary N) is 1. The molecule has 0 heterocycles. The van der Waals surface area contributed by atoms with Gasteiger partial charge in [-0.3, -0.25) is 4.79 Å². The normalized spacial score (nSPS) is 26.3. The van der Waals surface area contributed by atoms with Gasteiger partial charge in [0.15, 0.2) is 0 Å². The molecule has 2 unspecified atom stereocenters. The van der Waals surface area contributed by atoms with Gasteiger partial charge in [0.05, 0.1) is 24.7 Å². The summed E-state index contributed by atoms with van der Waals surface area (Å²) in [4.78, 5) is 12.8. The first-order valence-corrected chi connectivity index (χ1v) is 8.21. The molecule has 4 nitrogen and oxygen atoms in total. The predicted octanol–water partition coefficient (Wildman–Crippen LogP) is 2.45. The molecule has 0 bridgehead atoms. The van der Waals surface area contributed by atoms with E-state index in [0.717, 1.165) is 55.4 Å². The van der Waals surface area contributed by atoms with Crippen LogP contribution in [-0.2, 0) is 10.2 Å². The highest BCUT2D eigenvalue weighted by molar-refractivity contribution is 5.91. The second-order valence-corrected chi connectivity index (χ2v) is 6.70. The van der Waals surface area contributed by atoms with Crippen LogP contribution in [-0.4, -0.2) is 30.3 Å². The van der Waals surface area contributed by atoms with Crippen molar-refractivity contribution in [3.63, 3.8) is 0 Å². The lowest BCUT2D eigenvalue weighted by atomic mass is 9.90. The second-order valence-electron chi connectivity index (χ2n) is 6.70. The molecule has 0 spiro atoms. The summed E-state index contributed by atoms with van der Waals surface area (Å²) in [6.45, 7) is 2.00. The molecule has 2 N–H and O–H groups in total. The molecule has 2 aliphatic rings. The maximum Gasteiger partial charge on any atom is 0.230 e. The number of hydrogen-bond donors (Lipinski definition) is 2. The minimum absolute atomic E-state index is 0.0596. The minimum atomic E-state index is -0.419. The third-order valence-corrected chi connectivity index (χ3v) is 5.19. The van der Waals surface area contributed by atoms with E-state index < -0.39 is 11.5 Å². The van der Waals surface area contributed by atoms with Gasteiger partial charge in [-0.25, -0.2) is 0 Å². The minimum Gasteiger partial charge on any atom is -0.496 e. The molecule has 1 aromatic carbocycles. The molecule has 4 heteroatoms. The van der Waals surface area contributed by atoms with Crippen molar-refractivity contribution < 1.29 is 14.6 Å². The van der Waals surface area contributed by atoms with Crippen LogP contribution in [0.2, 0.25) is 0 Å². The summed E-state index contributed by atoms with van der Waals surface area (Å²) in [5.41, 5.74) is 1.68. The lowest BCUT2D eigenvalue weighted by Gasteiger charge is -2.30. The molecule has 0 aliphatic heterocycles. The monoisotopic (exact) mass is 303 g/mol. The molecule has 2 saturated carbocycles. The van der Waals surface area contributed by atoms with E-state index >= 15 is 0 Å². The Labute approximate surface area is 131 Å². The third-order valence-electron chi connectivity index (χ3n) is 5.19. The van der Waals surface area contributed by atoms with Gasteiger partial charge in [-0.1, -0.05) is 25.0 Å². The number of hydrogen-bond acceptors (Lipinski definition) is 3. The largest absolute Gasteiger partial charge is 0.496 e. The van der Waals surface area contributed by atoms with Gasteiger partial charge < -0.3 is 15.2 Å². The fourth-order valence-electron chi connectivity index (χ4n) is 3.48. The van der Waals surface area contributed by atoms with Gasteiger partial charge in [0, 0.05) is 0 Å². The van der Waals surface area contributed by atoms with E-state index in [1.807, 2.05) is 25.1 Å². The Morgan fingerprint density at radius 2 is 2.05 bits per heavy atom. The van der Waals surface area contributed by atoms with Crippen molar-refractivity contribution in [2.75, 3.05) is 7.11 Å². The Kier molecular flexibility index (Phi) is 4.13. The number of methoxy groups -OCH3 is 1. The van der Waals surface area contributed by atoms with Crippen LogP contribution in [0.4, 0.5) is 0 Å². The smallest absolute Gasteiger partial charge is 0.230 e. The molecular weight excluding hydrogens is 278 g/mol. The maximum atomic E-state index is 12.8. The molecule has 1 aromatic rings. The second kappa shape index (κ2) is 5.92. The van der Waals surface area contributed by atoms with Gasteiger partial charge >= 0.3 is 0 Å². The third kappa shape index (κ3) is 2.72. The average Bonchev–Trinajstić information content (AvgIpc) is 3.32. The maximum absolute atomic E-state index is 12.8. The fourth-order valence-corrected chi connectivity index (χ4v) is 3.48. The topological polar surface area (TPSA) is 58.6 Å². The molecular formula is C18H25NO3. The Morgan fingerprint density at radius 1 is 1.32 bits per heavy atom. The average molecular weight is 303 g/mol. The summed E-state index contributed by atoms with van der Waals surface area (Å²) >= 11 is 0. The summed E-state index contributed by atoms with van der Waals surface area (Å²) in [6, 6.07) is 5.93. The van der Waals surface area contributed by atoms with Crippen LogP contribution >= 0.6 is 0 Å². The van der Waals surface area contributed by atoms with Crippen LogP contribution in [0.5, 0.6) is 5.75 Å². The van der Waals surface area contributed by atoms with Gasteiger partial charge in [0.25, 0.3) is 0 Å². The first-order chi connectivity index (χ1) is 10.6. The Balaban J connectivity index is 1.76. The molecule has 22 heavy (non-hydrogen) atoms. The molecule has 3 rings (SSSR count). The summed E-state index contributed by atoms with van der Waals surface area (Å²) in [6.07, 6.45) is 5.13. The van der Waals surface area contributed by atoms with Gasteiger partial charge in [-0.05, 0) is 49.8 Å². The molecule has 2 atom stereocenters. The Hall–Kier alpha value is -1.55. The molecule has 1 amide bonds. The van der Waals surface area contributed by atoms with Crippen molar-refractivity contribution in [1.29, 1.82) is 0 Å². The van der Waals surface area contributed by atoms with Crippen LogP contribution in [0.3, 0.4) is 0 Å². The van der Waals surface area contributed by atoms with E-state index in [-0.39, 0.29) is 11.9 Å². The molecule has 120 valence electrons. The van der Waals surface area contributed by atoms with E-state index in [1.165, 1.54) is 0 Å². The number of rotatable bonds is 4. The van der Waals surface area contributed by atoms with Crippen molar-refractivity contribution in [3.05, 3.63) is 29.3 Å². The number of carbonyl (C=O) groups is 1. The molecule has 0 aromatic heterocycles. The molecule has 2 aliphatic carbocycles. The van der Waals surface area contributed by atoms with E-state index in [2.05, 4.69) is 5.32 Å². The summed E-state index contributed by atoms with van der Waals surface area (Å²) < 4.78 is 5.38. The highest BCUT2D eigenvalue weighted by Gasteiger charge is 2.52. The summed E-state index contributed by atoms with van der Waals surface area (Å²) in [5.74, 6) is 0.888. The molecule has 2 fully saturated rings. The number of aryl methyl sites for hydroxylation is 1. The first-order valence-electron chi connectivity index (χ1n) is 8.21. The van der Waals surface area contributed by atoms with E-state index in [4.69, 9.17) is 4.74 Å². The number of ether oxygens (including phenoxy) is 1. The van der Waals surface area contributed by atoms with Crippen LogP contribution in [0.1, 0.15) is 49.7 Å². The number of aliphatic hydroxyl groups is 1. The zero-order valence-corrected chi connectivity index (χ0v) is 13.4. The van der Waals surface area contributed by atoms with Crippen molar-refractivity contribution in [3.8, 4) is 5.75 Å². The number of amides is 1. The van der Waals surface area contributed by atoms with Gasteiger partial charge in [-0.2, -0.15) is 0 Å². The quantitative estimate of drug-likeness (QED) is 0.898. The highest BCUT2D eigenvalue weighted by atomic mass is 16.5. The Morgan fingerprint density at radius 3 is 2.68 bits per heavy atom. The number of benzene rings is 1. The van der Waals surface area contributed by atoms with Crippen LogP contribution < -0.4 is 10.1 Å². The Bertz CT molecular complexity index is 565. The standard InChI is InChI=1S/C18H25NO3/c1-12-7-8-13(11-16(12)22-2)18(9-10-18)17(21)19-14-5-3-4-6-15(14)20/h7-8,11,14-15,20H,3-6,9-10H2,1-2H3,(H,19,21). The SMILES string of the molecule is COc1cc(C2(C(=O)NC3CCCCC3O)CC2)ccc1C. The van der Waals surface area contributed by atoms with Crippen LogP contribution in [0.25, 0.3) is 0 Å². The zero-order valence-electron chi connectivity index (χ0n) is 13.4. The van der Waals surface area contributed by atoms with Crippen LogP contribution in [0.15, 0.2) is 18.2 Å². The molecule has 0 saturated heterocycles. The van der Waals surface area contributed by atoms with Crippen molar-refractivity contribution in [2.45, 2.75) is 63.0 Å². The molecule has 0 radical (unpaired) electrons. The zero-order chi connectivity index (χ0) is 15.7.